The van der Waals surface area contributed by atoms with Crippen LogP contribution in [-0.4, -0.2) is 52.0 Å². The minimum absolute atomic E-state index is 0.00303. The van der Waals surface area contributed by atoms with Gasteiger partial charge in [-0.25, -0.2) is 13.8 Å². The first-order valence-electron chi connectivity index (χ1n) is 10.0. The number of amides is 1. The molecule has 29 heavy (non-hydrogen) atoms. The van der Waals surface area contributed by atoms with E-state index < -0.39 is 11.8 Å². The van der Waals surface area contributed by atoms with E-state index >= 15 is 0 Å². The second-order valence-electron chi connectivity index (χ2n) is 8.24. The van der Waals surface area contributed by atoms with E-state index in [0.29, 0.717) is 25.0 Å². The van der Waals surface area contributed by atoms with Gasteiger partial charge in [-0.1, -0.05) is 0 Å². The number of hydrogen-bond acceptors (Lipinski definition) is 5. The number of alkyl halides is 2. The van der Waals surface area contributed by atoms with Gasteiger partial charge in [-0.05, 0) is 31.7 Å². The van der Waals surface area contributed by atoms with E-state index in [1.54, 1.807) is 23.1 Å². The van der Waals surface area contributed by atoms with E-state index in [9.17, 15) is 13.6 Å². The maximum atomic E-state index is 13.2. The van der Waals surface area contributed by atoms with E-state index in [1.165, 1.54) is 6.92 Å². The molecule has 0 saturated heterocycles. The Morgan fingerprint density at radius 3 is 2.90 bits per heavy atom. The van der Waals surface area contributed by atoms with Gasteiger partial charge in [0, 0.05) is 31.5 Å². The first kappa shape index (κ1) is 20.0. The van der Waals surface area contributed by atoms with Crippen LogP contribution in [0.25, 0.3) is 10.9 Å². The molecule has 4 rings (SSSR count). The molecule has 0 radical (unpaired) electrons. The van der Waals surface area contributed by atoms with E-state index in [0.717, 1.165) is 23.7 Å². The van der Waals surface area contributed by atoms with Gasteiger partial charge in [-0.3, -0.25) is 9.48 Å². The standard InChI is InChI=1S/C20H26F2N4O3/c1-12(25-13(2)27)10-28-16-5-14(6-16)11-29-19-17-8-24-26(18(17)3-4-23-19)9-15-7-20(15,21)22/h3-4,8,12,14-16H,5-7,9-11H2,1-2H3,(H,25,27)/t12-,14?,15?,16?/m0/s1. The summed E-state index contributed by atoms with van der Waals surface area (Å²) in [6.45, 7) is 4.64. The summed E-state index contributed by atoms with van der Waals surface area (Å²) in [4.78, 5) is 15.3. The summed E-state index contributed by atoms with van der Waals surface area (Å²) in [7, 11) is 0. The van der Waals surface area contributed by atoms with Crippen molar-refractivity contribution in [3.8, 4) is 5.88 Å². The average Bonchev–Trinajstić information content (AvgIpc) is 3.02. The molecule has 1 N–H and O–H groups in total. The van der Waals surface area contributed by atoms with Crippen molar-refractivity contribution in [2.45, 2.75) is 57.7 Å². The molecule has 158 valence electrons. The van der Waals surface area contributed by atoms with Crippen LogP contribution < -0.4 is 10.1 Å². The second kappa shape index (κ2) is 7.85. The molecule has 2 fully saturated rings. The Kier molecular flexibility index (Phi) is 5.42. The van der Waals surface area contributed by atoms with Gasteiger partial charge in [0.1, 0.15) is 0 Å². The number of fused-ring (bicyclic) bond motifs is 1. The normalized spacial score (nSPS) is 26.0. The number of rotatable bonds is 9. The van der Waals surface area contributed by atoms with Gasteiger partial charge in [0.15, 0.2) is 0 Å². The fourth-order valence-corrected chi connectivity index (χ4v) is 3.73. The molecule has 2 aliphatic rings. The highest BCUT2D eigenvalue weighted by Crippen LogP contribution is 2.49. The molecule has 2 aromatic heterocycles. The zero-order valence-corrected chi connectivity index (χ0v) is 16.6. The Hall–Kier alpha value is -2.29. The SMILES string of the molecule is CC(=O)N[C@@H](C)COC1CC(COc2nccc3c2cnn3CC2CC2(F)F)C1. The maximum Gasteiger partial charge on any atom is 0.253 e. The smallest absolute Gasteiger partial charge is 0.253 e. The lowest BCUT2D eigenvalue weighted by molar-refractivity contribution is -0.120. The van der Waals surface area contributed by atoms with Crippen LogP contribution in [0.15, 0.2) is 18.5 Å². The van der Waals surface area contributed by atoms with Crippen LogP contribution in [0, 0.1) is 11.8 Å². The number of carbonyl (C=O) groups excluding carboxylic acids is 1. The van der Waals surface area contributed by atoms with Crippen molar-refractivity contribution in [2.75, 3.05) is 13.2 Å². The van der Waals surface area contributed by atoms with Crippen molar-refractivity contribution < 1.29 is 23.0 Å². The van der Waals surface area contributed by atoms with Crippen LogP contribution in [0.2, 0.25) is 0 Å². The molecular weight excluding hydrogens is 382 g/mol. The third-order valence-corrected chi connectivity index (χ3v) is 5.56. The Bertz CT molecular complexity index is 882. The van der Waals surface area contributed by atoms with E-state index in [4.69, 9.17) is 9.47 Å². The number of aromatic nitrogens is 3. The Labute approximate surface area is 167 Å². The fraction of sp³-hybridized carbons (Fsp3) is 0.650. The minimum atomic E-state index is -2.56. The van der Waals surface area contributed by atoms with Crippen LogP contribution in [-0.2, 0) is 16.1 Å². The number of ether oxygens (including phenoxy) is 2. The summed E-state index contributed by atoms with van der Waals surface area (Å²) in [6.07, 6.45) is 5.17. The van der Waals surface area contributed by atoms with Gasteiger partial charge in [0.25, 0.3) is 5.92 Å². The molecule has 0 aliphatic heterocycles. The highest BCUT2D eigenvalue weighted by Gasteiger charge is 2.56. The number of halogens is 2. The summed E-state index contributed by atoms with van der Waals surface area (Å²) >= 11 is 0. The zero-order chi connectivity index (χ0) is 20.6. The molecule has 2 saturated carbocycles. The Morgan fingerprint density at radius 2 is 2.21 bits per heavy atom. The zero-order valence-electron chi connectivity index (χ0n) is 16.6. The largest absolute Gasteiger partial charge is 0.477 e. The highest BCUT2D eigenvalue weighted by molar-refractivity contribution is 5.83. The maximum absolute atomic E-state index is 13.2. The van der Waals surface area contributed by atoms with Gasteiger partial charge in [-0.2, -0.15) is 5.10 Å². The van der Waals surface area contributed by atoms with E-state index in [-0.39, 0.29) is 31.0 Å². The third kappa shape index (κ3) is 4.66. The van der Waals surface area contributed by atoms with Gasteiger partial charge < -0.3 is 14.8 Å². The molecule has 2 aromatic rings. The number of nitrogens with one attached hydrogen (secondary N) is 1. The minimum Gasteiger partial charge on any atom is -0.477 e. The van der Waals surface area contributed by atoms with Gasteiger partial charge in [0.05, 0.1) is 43.0 Å². The Morgan fingerprint density at radius 1 is 1.45 bits per heavy atom. The quantitative estimate of drug-likeness (QED) is 0.690. The molecule has 2 heterocycles. The molecule has 2 aliphatic carbocycles. The summed E-state index contributed by atoms with van der Waals surface area (Å²) < 4.78 is 39.7. The number of carbonyl (C=O) groups is 1. The van der Waals surface area contributed by atoms with Crippen molar-refractivity contribution in [1.29, 1.82) is 0 Å². The summed E-state index contributed by atoms with van der Waals surface area (Å²) in [5.41, 5.74) is 0.763. The Balaban J connectivity index is 1.25. The van der Waals surface area contributed by atoms with Crippen LogP contribution in [0.4, 0.5) is 8.78 Å². The van der Waals surface area contributed by atoms with Gasteiger partial charge in [-0.15, -0.1) is 0 Å². The highest BCUT2D eigenvalue weighted by atomic mass is 19.3. The number of pyridine rings is 1. The molecule has 0 spiro atoms. The molecule has 1 amide bonds. The second-order valence-corrected chi connectivity index (χ2v) is 8.24. The molecule has 0 aromatic carbocycles. The number of hydrogen-bond donors (Lipinski definition) is 1. The molecule has 1 unspecified atom stereocenters. The molecule has 7 nitrogen and oxygen atoms in total. The molecule has 0 bridgehead atoms. The molecular formula is C20H26F2N4O3. The third-order valence-electron chi connectivity index (χ3n) is 5.56. The van der Waals surface area contributed by atoms with Crippen LogP contribution in [0.1, 0.15) is 33.1 Å². The van der Waals surface area contributed by atoms with E-state index in [1.807, 2.05) is 6.92 Å². The lowest BCUT2D eigenvalue weighted by Crippen LogP contribution is -2.40. The topological polar surface area (TPSA) is 78.3 Å². The fourth-order valence-electron chi connectivity index (χ4n) is 3.73. The number of nitrogens with zero attached hydrogens (tertiary/aromatic N) is 3. The lowest BCUT2D eigenvalue weighted by Gasteiger charge is -2.35. The molecule has 2 atom stereocenters. The first-order valence-corrected chi connectivity index (χ1v) is 10.0. The van der Waals surface area contributed by atoms with Crippen molar-refractivity contribution >= 4 is 16.8 Å². The van der Waals surface area contributed by atoms with Gasteiger partial charge >= 0.3 is 0 Å². The predicted molar refractivity (Wildman–Crippen MR) is 102 cm³/mol. The summed E-state index contributed by atoms with van der Waals surface area (Å²) in [6, 6.07) is 1.77. The predicted octanol–water partition coefficient (Wildman–Crippen LogP) is 2.79. The van der Waals surface area contributed by atoms with Crippen molar-refractivity contribution in [3.05, 3.63) is 18.5 Å². The van der Waals surface area contributed by atoms with Crippen molar-refractivity contribution in [1.82, 2.24) is 20.1 Å². The van der Waals surface area contributed by atoms with Crippen molar-refractivity contribution in [2.24, 2.45) is 11.8 Å². The van der Waals surface area contributed by atoms with Crippen LogP contribution >= 0.6 is 0 Å². The van der Waals surface area contributed by atoms with E-state index in [2.05, 4.69) is 15.4 Å². The monoisotopic (exact) mass is 408 g/mol. The summed E-state index contributed by atoms with van der Waals surface area (Å²) in [5.74, 6) is -2.39. The first-order chi connectivity index (χ1) is 13.8. The summed E-state index contributed by atoms with van der Waals surface area (Å²) in [5, 5.41) is 7.79. The van der Waals surface area contributed by atoms with Crippen LogP contribution in [0.5, 0.6) is 5.88 Å². The lowest BCUT2D eigenvalue weighted by atomic mass is 9.83. The van der Waals surface area contributed by atoms with Gasteiger partial charge in [0.2, 0.25) is 11.8 Å². The van der Waals surface area contributed by atoms with Crippen LogP contribution in [0.3, 0.4) is 0 Å². The molecule has 9 heteroatoms. The van der Waals surface area contributed by atoms with Crippen molar-refractivity contribution in [3.63, 3.8) is 0 Å². The average molecular weight is 408 g/mol.